The lowest BCUT2D eigenvalue weighted by atomic mass is 9.49. The fourth-order valence-corrected chi connectivity index (χ4v) is 5.52. The number of hydrogen-bond donors (Lipinski definition) is 0. The number of carbonyl (C=O) groups is 2. The predicted octanol–water partition coefficient (Wildman–Crippen LogP) is 3.73. The molecule has 128 valence electrons. The molecule has 0 radical (unpaired) electrons. The third-order valence-corrected chi connectivity index (χ3v) is 6.22. The molecule has 0 saturated heterocycles. The average molecular weight is 328 g/mol. The van der Waals surface area contributed by atoms with Gasteiger partial charge in [-0.1, -0.05) is 12.1 Å². The normalized spacial score (nSPS) is 33.3. The highest BCUT2D eigenvalue weighted by atomic mass is 16.5. The Balaban J connectivity index is 1.39. The van der Waals surface area contributed by atoms with Gasteiger partial charge in [-0.25, -0.2) is 4.79 Å². The quantitative estimate of drug-likeness (QED) is 0.790. The highest BCUT2D eigenvalue weighted by Gasteiger charge is 2.55. The standard InChI is InChI=1S/C20H24O4/c1-23-18(21)17-4-2-13(3-5-17)12-24-19(22)20-9-14-6-15(10-20)8-16(7-14)11-20/h2-5,14-16H,6-12H2,1H3. The number of methoxy groups -OCH3 is 1. The van der Waals surface area contributed by atoms with Crippen LogP contribution in [0.15, 0.2) is 24.3 Å². The SMILES string of the molecule is COC(=O)c1ccc(COC(=O)C23CC4CC(CC(C4)C2)C3)cc1. The number of esters is 2. The van der Waals surface area contributed by atoms with Crippen LogP contribution in [0.1, 0.15) is 54.4 Å². The van der Waals surface area contributed by atoms with Crippen LogP contribution in [0.4, 0.5) is 0 Å². The molecule has 0 amide bonds. The number of rotatable bonds is 4. The van der Waals surface area contributed by atoms with E-state index in [-0.39, 0.29) is 24.0 Å². The van der Waals surface area contributed by atoms with Crippen molar-refractivity contribution in [2.45, 2.75) is 45.1 Å². The Labute approximate surface area is 142 Å². The van der Waals surface area contributed by atoms with Crippen LogP contribution in [0.25, 0.3) is 0 Å². The summed E-state index contributed by atoms with van der Waals surface area (Å²) in [5.41, 5.74) is 1.20. The van der Waals surface area contributed by atoms with Gasteiger partial charge in [-0.2, -0.15) is 0 Å². The van der Waals surface area contributed by atoms with Crippen molar-refractivity contribution in [3.8, 4) is 0 Å². The summed E-state index contributed by atoms with van der Waals surface area (Å²) in [5.74, 6) is 1.86. The van der Waals surface area contributed by atoms with E-state index < -0.39 is 0 Å². The van der Waals surface area contributed by atoms with Gasteiger partial charge in [0.25, 0.3) is 0 Å². The summed E-state index contributed by atoms with van der Waals surface area (Å²) in [4.78, 5) is 24.2. The van der Waals surface area contributed by atoms with E-state index in [0.29, 0.717) is 5.56 Å². The summed E-state index contributed by atoms with van der Waals surface area (Å²) >= 11 is 0. The second kappa shape index (κ2) is 5.91. The second-order valence-electron chi connectivity index (χ2n) is 7.96. The lowest BCUT2D eigenvalue weighted by Gasteiger charge is -2.55. The predicted molar refractivity (Wildman–Crippen MR) is 88.2 cm³/mol. The zero-order valence-electron chi connectivity index (χ0n) is 14.1. The number of benzene rings is 1. The number of ether oxygens (including phenoxy) is 2. The van der Waals surface area contributed by atoms with Crippen LogP contribution in [-0.4, -0.2) is 19.0 Å². The maximum atomic E-state index is 12.8. The lowest BCUT2D eigenvalue weighted by molar-refractivity contribution is -0.172. The minimum absolute atomic E-state index is 0.00126. The van der Waals surface area contributed by atoms with Gasteiger partial charge in [0.15, 0.2) is 0 Å². The molecule has 0 heterocycles. The highest BCUT2D eigenvalue weighted by molar-refractivity contribution is 5.89. The summed E-state index contributed by atoms with van der Waals surface area (Å²) < 4.78 is 10.4. The lowest BCUT2D eigenvalue weighted by Crippen LogP contribution is -2.50. The van der Waals surface area contributed by atoms with E-state index in [2.05, 4.69) is 4.74 Å². The minimum Gasteiger partial charge on any atom is -0.465 e. The van der Waals surface area contributed by atoms with E-state index in [1.54, 1.807) is 12.1 Å². The zero-order chi connectivity index (χ0) is 16.7. The summed E-state index contributed by atoms with van der Waals surface area (Å²) in [6, 6.07) is 7.05. The molecule has 0 spiro atoms. The molecule has 4 heteroatoms. The number of carbonyl (C=O) groups excluding carboxylic acids is 2. The van der Waals surface area contributed by atoms with Gasteiger partial charge in [0, 0.05) is 0 Å². The van der Waals surface area contributed by atoms with Crippen LogP contribution in [0.3, 0.4) is 0 Å². The molecule has 1 aromatic carbocycles. The van der Waals surface area contributed by atoms with Gasteiger partial charge in [0.2, 0.25) is 0 Å². The van der Waals surface area contributed by atoms with Crippen molar-refractivity contribution in [2.24, 2.45) is 23.2 Å². The van der Waals surface area contributed by atoms with Crippen LogP contribution < -0.4 is 0 Å². The van der Waals surface area contributed by atoms with E-state index in [1.807, 2.05) is 12.1 Å². The first-order valence-corrected chi connectivity index (χ1v) is 8.92. The van der Waals surface area contributed by atoms with Crippen LogP contribution in [0.5, 0.6) is 0 Å². The molecule has 1 aromatic rings. The molecule has 0 aromatic heterocycles. The van der Waals surface area contributed by atoms with Crippen molar-refractivity contribution in [2.75, 3.05) is 7.11 Å². The topological polar surface area (TPSA) is 52.6 Å². The third-order valence-electron chi connectivity index (χ3n) is 6.22. The Morgan fingerprint density at radius 1 is 1.00 bits per heavy atom. The van der Waals surface area contributed by atoms with Crippen molar-refractivity contribution in [3.63, 3.8) is 0 Å². The molecule has 4 aliphatic carbocycles. The van der Waals surface area contributed by atoms with Crippen molar-refractivity contribution in [3.05, 3.63) is 35.4 Å². The molecule has 0 atom stereocenters. The largest absolute Gasteiger partial charge is 0.465 e. The van der Waals surface area contributed by atoms with Crippen molar-refractivity contribution in [1.29, 1.82) is 0 Å². The van der Waals surface area contributed by atoms with Crippen LogP contribution in [0, 0.1) is 23.2 Å². The van der Waals surface area contributed by atoms with Gasteiger partial charge < -0.3 is 9.47 Å². The van der Waals surface area contributed by atoms with E-state index in [9.17, 15) is 9.59 Å². The summed E-state index contributed by atoms with van der Waals surface area (Å²) in [6.07, 6.45) is 7.04. The monoisotopic (exact) mass is 328 g/mol. The smallest absolute Gasteiger partial charge is 0.337 e. The fourth-order valence-electron chi connectivity index (χ4n) is 5.52. The summed E-state index contributed by atoms with van der Waals surface area (Å²) in [7, 11) is 1.36. The van der Waals surface area contributed by atoms with Gasteiger partial charge in [-0.3, -0.25) is 4.79 Å². The maximum Gasteiger partial charge on any atom is 0.337 e. The van der Waals surface area contributed by atoms with Gasteiger partial charge in [-0.15, -0.1) is 0 Å². The van der Waals surface area contributed by atoms with Crippen molar-refractivity contribution >= 4 is 11.9 Å². The Kier molecular flexibility index (Phi) is 3.86. The first-order valence-electron chi connectivity index (χ1n) is 8.92. The molecule has 4 saturated carbocycles. The molecule has 4 fully saturated rings. The minimum atomic E-state index is -0.355. The molecule has 24 heavy (non-hydrogen) atoms. The Bertz CT molecular complexity index is 611. The first-order chi connectivity index (χ1) is 11.6. The summed E-state index contributed by atoms with van der Waals surface area (Å²) in [5, 5.41) is 0. The molecular weight excluding hydrogens is 304 g/mol. The second-order valence-corrected chi connectivity index (χ2v) is 7.96. The first kappa shape index (κ1) is 15.7. The maximum absolute atomic E-state index is 12.8. The van der Waals surface area contributed by atoms with E-state index in [0.717, 1.165) is 42.6 Å². The average Bonchev–Trinajstić information content (AvgIpc) is 2.58. The molecule has 0 N–H and O–H groups in total. The molecule has 4 nitrogen and oxygen atoms in total. The summed E-state index contributed by atoms with van der Waals surface area (Å²) in [6.45, 7) is 0.280. The Morgan fingerprint density at radius 3 is 2.04 bits per heavy atom. The van der Waals surface area contributed by atoms with Gasteiger partial charge in [0.05, 0.1) is 18.1 Å². The molecule has 4 bridgehead atoms. The van der Waals surface area contributed by atoms with Crippen molar-refractivity contribution < 1.29 is 19.1 Å². The van der Waals surface area contributed by atoms with Gasteiger partial charge >= 0.3 is 11.9 Å². The van der Waals surface area contributed by atoms with E-state index in [1.165, 1.54) is 26.4 Å². The molecular formula is C20H24O4. The fraction of sp³-hybridized carbons (Fsp3) is 0.600. The van der Waals surface area contributed by atoms with Crippen LogP contribution >= 0.6 is 0 Å². The van der Waals surface area contributed by atoms with E-state index in [4.69, 9.17) is 4.74 Å². The van der Waals surface area contributed by atoms with Crippen LogP contribution in [-0.2, 0) is 20.9 Å². The van der Waals surface area contributed by atoms with Gasteiger partial charge in [0.1, 0.15) is 6.61 Å². The highest BCUT2D eigenvalue weighted by Crippen LogP contribution is 2.60. The van der Waals surface area contributed by atoms with Gasteiger partial charge in [-0.05, 0) is 74.0 Å². The zero-order valence-corrected chi connectivity index (χ0v) is 14.1. The number of hydrogen-bond acceptors (Lipinski definition) is 4. The van der Waals surface area contributed by atoms with E-state index >= 15 is 0 Å². The Hall–Kier alpha value is -1.84. The van der Waals surface area contributed by atoms with Crippen molar-refractivity contribution in [1.82, 2.24) is 0 Å². The third kappa shape index (κ3) is 2.72. The molecule has 0 aliphatic heterocycles. The molecule has 0 unspecified atom stereocenters. The Morgan fingerprint density at radius 2 is 1.54 bits per heavy atom. The molecule has 4 aliphatic rings. The molecule has 5 rings (SSSR count). The van der Waals surface area contributed by atoms with Crippen LogP contribution in [0.2, 0.25) is 0 Å².